The average molecular weight is 284 g/mol. The quantitative estimate of drug-likeness (QED) is 0.898. The van der Waals surface area contributed by atoms with Crippen molar-refractivity contribution < 1.29 is 5.11 Å². The minimum Gasteiger partial charge on any atom is -0.508 e. The van der Waals surface area contributed by atoms with Crippen LogP contribution in [0.25, 0.3) is 0 Å². The van der Waals surface area contributed by atoms with Crippen molar-refractivity contribution in [1.82, 2.24) is 15.5 Å². The number of piperidine rings is 1. The first-order valence-corrected chi connectivity index (χ1v) is 7.35. The van der Waals surface area contributed by atoms with Crippen LogP contribution in [0.15, 0.2) is 42.6 Å². The summed E-state index contributed by atoms with van der Waals surface area (Å²) < 4.78 is 0. The van der Waals surface area contributed by atoms with Gasteiger partial charge in [-0.2, -0.15) is 5.10 Å². The number of rotatable bonds is 4. The highest BCUT2D eigenvalue weighted by molar-refractivity contribution is 5.37. The number of nitrogens with one attached hydrogen (secondary N) is 1. The summed E-state index contributed by atoms with van der Waals surface area (Å²) in [6.07, 6.45) is 4.01. The third-order valence-corrected chi connectivity index (χ3v) is 3.81. The molecule has 5 nitrogen and oxygen atoms in total. The maximum absolute atomic E-state index is 9.49. The maximum atomic E-state index is 9.49. The lowest BCUT2D eigenvalue weighted by atomic mass is 10.1. The van der Waals surface area contributed by atoms with E-state index in [-0.39, 0.29) is 0 Å². The third kappa shape index (κ3) is 3.70. The molecule has 0 bridgehead atoms. The summed E-state index contributed by atoms with van der Waals surface area (Å²) in [4.78, 5) is 2.27. The molecular formula is C16H20N4O. The highest BCUT2D eigenvalue weighted by Crippen LogP contribution is 2.17. The molecule has 1 saturated heterocycles. The molecule has 1 aliphatic heterocycles. The molecule has 3 rings (SSSR count). The van der Waals surface area contributed by atoms with E-state index in [1.54, 1.807) is 18.3 Å². The Morgan fingerprint density at radius 2 is 2.24 bits per heavy atom. The molecule has 1 atom stereocenters. The lowest BCUT2D eigenvalue weighted by Gasteiger charge is -2.33. The minimum absolute atomic E-state index is 0.319. The minimum atomic E-state index is 0.319. The van der Waals surface area contributed by atoms with Crippen LogP contribution in [0.2, 0.25) is 0 Å². The molecule has 1 aromatic heterocycles. The van der Waals surface area contributed by atoms with Gasteiger partial charge in [-0.25, -0.2) is 0 Å². The van der Waals surface area contributed by atoms with Crippen LogP contribution in [0.1, 0.15) is 18.4 Å². The first kappa shape index (κ1) is 13.8. The Labute approximate surface area is 124 Å². The predicted molar refractivity (Wildman–Crippen MR) is 82.2 cm³/mol. The van der Waals surface area contributed by atoms with Crippen molar-refractivity contribution in [3.8, 4) is 5.75 Å². The lowest BCUT2D eigenvalue weighted by Crippen LogP contribution is -2.45. The van der Waals surface area contributed by atoms with Gasteiger partial charge in [-0.05, 0) is 42.7 Å². The van der Waals surface area contributed by atoms with Crippen LogP contribution in [0, 0.1) is 0 Å². The van der Waals surface area contributed by atoms with Crippen LogP contribution in [-0.4, -0.2) is 34.4 Å². The van der Waals surface area contributed by atoms with Gasteiger partial charge in [0.2, 0.25) is 0 Å². The highest BCUT2D eigenvalue weighted by Gasteiger charge is 2.20. The van der Waals surface area contributed by atoms with Gasteiger partial charge in [0.1, 0.15) is 5.75 Å². The van der Waals surface area contributed by atoms with Crippen LogP contribution in [0.4, 0.5) is 5.82 Å². The molecule has 0 spiro atoms. The number of anilines is 1. The monoisotopic (exact) mass is 284 g/mol. The van der Waals surface area contributed by atoms with Gasteiger partial charge >= 0.3 is 0 Å². The molecule has 1 aromatic carbocycles. The number of benzene rings is 1. The molecule has 2 aromatic rings. The van der Waals surface area contributed by atoms with E-state index in [9.17, 15) is 5.11 Å². The third-order valence-electron chi connectivity index (χ3n) is 3.81. The van der Waals surface area contributed by atoms with E-state index in [1.165, 1.54) is 0 Å². The van der Waals surface area contributed by atoms with Gasteiger partial charge in [0.15, 0.2) is 5.82 Å². The number of nitrogens with zero attached hydrogens (tertiary/aromatic N) is 3. The van der Waals surface area contributed by atoms with Gasteiger partial charge < -0.3 is 15.3 Å². The van der Waals surface area contributed by atoms with Crippen LogP contribution in [-0.2, 0) is 6.54 Å². The van der Waals surface area contributed by atoms with Gasteiger partial charge in [0.05, 0.1) is 0 Å². The van der Waals surface area contributed by atoms with E-state index in [4.69, 9.17) is 0 Å². The molecule has 1 unspecified atom stereocenters. The summed E-state index contributed by atoms with van der Waals surface area (Å²) >= 11 is 0. The Kier molecular flexibility index (Phi) is 4.31. The number of phenolic OH excluding ortho intramolecular Hbond substituents is 1. The second-order valence-corrected chi connectivity index (χ2v) is 5.42. The molecule has 1 aliphatic rings. The average Bonchev–Trinajstić information content (AvgIpc) is 2.54. The van der Waals surface area contributed by atoms with Gasteiger partial charge in [-0.1, -0.05) is 12.1 Å². The molecule has 21 heavy (non-hydrogen) atoms. The first-order chi connectivity index (χ1) is 10.3. The van der Waals surface area contributed by atoms with E-state index in [0.29, 0.717) is 11.8 Å². The van der Waals surface area contributed by atoms with Crippen molar-refractivity contribution in [2.45, 2.75) is 25.4 Å². The Hall–Kier alpha value is -2.14. The Morgan fingerprint density at radius 1 is 1.29 bits per heavy atom. The fourth-order valence-electron chi connectivity index (χ4n) is 2.74. The number of hydrogen-bond acceptors (Lipinski definition) is 5. The zero-order chi connectivity index (χ0) is 14.5. The van der Waals surface area contributed by atoms with Crippen LogP contribution in [0.5, 0.6) is 5.75 Å². The molecule has 0 saturated carbocycles. The maximum Gasteiger partial charge on any atom is 0.151 e. The molecule has 2 heterocycles. The van der Waals surface area contributed by atoms with E-state index in [1.807, 2.05) is 24.3 Å². The Morgan fingerprint density at radius 3 is 3.05 bits per heavy atom. The second kappa shape index (κ2) is 6.54. The zero-order valence-corrected chi connectivity index (χ0v) is 11.9. The van der Waals surface area contributed by atoms with Crippen LogP contribution < -0.4 is 10.2 Å². The van der Waals surface area contributed by atoms with Crippen molar-refractivity contribution >= 4 is 5.82 Å². The van der Waals surface area contributed by atoms with Crippen molar-refractivity contribution in [2.75, 3.05) is 18.0 Å². The molecule has 0 radical (unpaired) electrons. The molecule has 1 fully saturated rings. The van der Waals surface area contributed by atoms with E-state index in [0.717, 1.165) is 43.9 Å². The summed E-state index contributed by atoms with van der Waals surface area (Å²) in [6.45, 7) is 2.74. The van der Waals surface area contributed by atoms with Crippen molar-refractivity contribution in [2.24, 2.45) is 0 Å². The Balaban J connectivity index is 1.57. The summed E-state index contributed by atoms with van der Waals surface area (Å²) in [5, 5.41) is 21.2. The van der Waals surface area contributed by atoms with Crippen molar-refractivity contribution in [3.63, 3.8) is 0 Å². The van der Waals surface area contributed by atoms with Gasteiger partial charge in [0.25, 0.3) is 0 Å². The van der Waals surface area contributed by atoms with Crippen LogP contribution in [0.3, 0.4) is 0 Å². The standard InChI is InChI=1S/C16H20N4O/c21-15-6-1-4-13(10-15)11-17-14-5-3-9-20(12-14)16-7-2-8-18-19-16/h1-2,4,6-8,10,14,17,21H,3,5,9,11-12H2. The SMILES string of the molecule is Oc1cccc(CNC2CCCN(c3cccnn3)C2)c1. The summed E-state index contributed by atoms with van der Waals surface area (Å²) in [6, 6.07) is 11.8. The summed E-state index contributed by atoms with van der Waals surface area (Å²) in [5.74, 6) is 1.26. The molecule has 0 aliphatic carbocycles. The molecule has 5 heteroatoms. The summed E-state index contributed by atoms with van der Waals surface area (Å²) in [7, 11) is 0. The lowest BCUT2D eigenvalue weighted by molar-refractivity contribution is 0.418. The summed E-state index contributed by atoms with van der Waals surface area (Å²) in [5.41, 5.74) is 1.10. The second-order valence-electron chi connectivity index (χ2n) is 5.42. The topological polar surface area (TPSA) is 61.3 Å². The number of hydrogen-bond donors (Lipinski definition) is 2. The van der Waals surface area contributed by atoms with E-state index >= 15 is 0 Å². The van der Waals surface area contributed by atoms with E-state index in [2.05, 4.69) is 20.4 Å². The Bertz CT molecular complexity index is 575. The number of aromatic nitrogens is 2. The molecule has 0 amide bonds. The normalized spacial score (nSPS) is 18.7. The van der Waals surface area contributed by atoms with E-state index < -0.39 is 0 Å². The van der Waals surface area contributed by atoms with Gasteiger partial charge in [0, 0.05) is 31.9 Å². The fourth-order valence-corrected chi connectivity index (χ4v) is 2.74. The number of phenols is 1. The van der Waals surface area contributed by atoms with Crippen LogP contribution >= 0.6 is 0 Å². The zero-order valence-electron chi connectivity index (χ0n) is 11.9. The molecule has 110 valence electrons. The van der Waals surface area contributed by atoms with Crippen molar-refractivity contribution in [1.29, 1.82) is 0 Å². The highest BCUT2D eigenvalue weighted by atomic mass is 16.3. The van der Waals surface area contributed by atoms with Gasteiger partial charge in [-0.3, -0.25) is 0 Å². The van der Waals surface area contributed by atoms with Gasteiger partial charge in [-0.15, -0.1) is 5.10 Å². The number of aromatic hydroxyl groups is 1. The van der Waals surface area contributed by atoms with Crippen molar-refractivity contribution in [3.05, 3.63) is 48.2 Å². The fraction of sp³-hybridized carbons (Fsp3) is 0.375. The largest absolute Gasteiger partial charge is 0.508 e. The molecule has 2 N–H and O–H groups in total. The predicted octanol–water partition coefficient (Wildman–Crippen LogP) is 1.94. The smallest absolute Gasteiger partial charge is 0.151 e. The first-order valence-electron chi connectivity index (χ1n) is 7.35. The molecular weight excluding hydrogens is 264 g/mol.